The topological polar surface area (TPSA) is 74.2 Å². The predicted molar refractivity (Wildman–Crippen MR) is 87.8 cm³/mol. The molecular weight excluding hydrogens is 302 g/mol. The van der Waals surface area contributed by atoms with Crippen LogP contribution in [0.1, 0.15) is 43.0 Å². The first kappa shape index (κ1) is 16.5. The van der Waals surface area contributed by atoms with Gasteiger partial charge in [-0.3, -0.25) is 0 Å². The van der Waals surface area contributed by atoms with E-state index in [9.17, 15) is 0 Å². The van der Waals surface area contributed by atoms with Crippen LogP contribution in [0.15, 0.2) is 28.8 Å². The fourth-order valence-corrected chi connectivity index (χ4v) is 2.65. The second-order valence-electron chi connectivity index (χ2n) is 5.43. The molecule has 1 aromatic heterocycles. The smallest absolute Gasteiger partial charge is 0.250 e. The molecule has 0 atom stereocenters. The van der Waals surface area contributed by atoms with Gasteiger partial charge >= 0.3 is 0 Å². The Kier molecular flexibility index (Phi) is 5.21. The van der Waals surface area contributed by atoms with Gasteiger partial charge in [0.15, 0.2) is 5.82 Å². The molecule has 0 aliphatic heterocycles. The summed E-state index contributed by atoms with van der Waals surface area (Å²) in [7, 11) is 1.65. The fourth-order valence-electron chi connectivity index (χ4n) is 2.65. The third-order valence-corrected chi connectivity index (χ3v) is 3.90. The quantitative estimate of drug-likeness (QED) is 0.934. The van der Waals surface area contributed by atoms with Gasteiger partial charge in [-0.05, 0) is 36.6 Å². The van der Waals surface area contributed by atoms with Gasteiger partial charge in [0.05, 0.1) is 12.6 Å². The van der Waals surface area contributed by atoms with E-state index in [-0.39, 0.29) is 12.4 Å². The van der Waals surface area contributed by atoms with Crippen LogP contribution < -0.4 is 10.5 Å². The number of benzene rings is 1. The summed E-state index contributed by atoms with van der Waals surface area (Å²) in [6.07, 6.45) is 7.80. The van der Waals surface area contributed by atoms with Crippen LogP contribution in [0.2, 0.25) is 0 Å². The van der Waals surface area contributed by atoms with Crippen molar-refractivity contribution < 1.29 is 9.26 Å². The summed E-state index contributed by atoms with van der Waals surface area (Å²) < 4.78 is 10.5. The molecule has 1 aliphatic carbocycles. The molecule has 22 heavy (non-hydrogen) atoms. The molecular formula is C16H20ClN3O2. The highest BCUT2D eigenvalue weighted by Crippen LogP contribution is 2.34. The minimum absolute atomic E-state index is 0. The summed E-state index contributed by atoms with van der Waals surface area (Å²) in [5.74, 6) is 1.91. The first-order valence-corrected chi connectivity index (χ1v) is 7.15. The first-order valence-electron chi connectivity index (χ1n) is 7.15. The summed E-state index contributed by atoms with van der Waals surface area (Å²) in [6.45, 7) is 0. The number of halogens is 1. The van der Waals surface area contributed by atoms with Crippen LogP contribution >= 0.6 is 12.4 Å². The Labute approximate surface area is 136 Å². The van der Waals surface area contributed by atoms with E-state index in [2.05, 4.69) is 10.1 Å². The molecule has 1 saturated carbocycles. The van der Waals surface area contributed by atoms with Gasteiger partial charge in [0.1, 0.15) is 5.75 Å². The standard InChI is InChI=1S/C16H19N3O2.ClH/c1-20-13-6-4-5-12(11-13)7-8-14-18-15(19-21-14)16(17)9-2-3-10-16;/h4-8,11H,2-3,9-10,17H2,1H3;1H/b8-7+;. The van der Waals surface area contributed by atoms with Gasteiger partial charge in [0, 0.05) is 6.08 Å². The first-order chi connectivity index (χ1) is 10.2. The lowest BCUT2D eigenvalue weighted by Gasteiger charge is -2.17. The van der Waals surface area contributed by atoms with Gasteiger partial charge in [-0.2, -0.15) is 4.98 Å². The Balaban J connectivity index is 0.00000176. The second kappa shape index (κ2) is 6.94. The zero-order valence-electron chi connectivity index (χ0n) is 12.5. The maximum Gasteiger partial charge on any atom is 0.250 e. The lowest BCUT2D eigenvalue weighted by atomic mass is 9.99. The number of nitrogens with two attached hydrogens (primary N) is 1. The van der Waals surface area contributed by atoms with Crippen molar-refractivity contribution in [2.75, 3.05) is 7.11 Å². The van der Waals surface area contributed by atoms with E-state index in [1.807, 2.05) is 30.3 Å². The van der Waals surface area contributed by atoms with Crippen LogP contribution in [-0.2, 0) is 5.54 Å². The van der Waals surface area contributed by atoms with Crippen LogP contribution in [0.4, 0.5) is 0 Å². The Morgan fingerprint density at radius 3 is 2.77 bits per heavy atom. The molecule has 0 radical (unpaired) electrons. The lowest BCUT2D eigenvalue weighted by Crippen LogP contribution is -2.34. The number of nitrogens with zero attached hydrogens (tertiary/aromatic N) is 2. The van der Waals surface area contributed by atoms with Crippen molar-refractivity contribution in [3.8, 4) is 5.75 Å². The molecule has 1 heterocycles. The molecule has 1 fully saturated rings. The van der Waals surface area contributed by atoms with E-state index in [1.165, 1.54) is 0 Å². The minimum Gasteiger partial charge on any atom is -0.497 e. The highest BCUT2D eigenvalue weighted by Gasteiger charge is 2.35. The van der Waals surface area contributed by atoms with Crippen molar-refractivity contribution in [3.63, 3.8) is 0 Å². The van der Waals surface area contributed by atoms with E-state index in [4.69, 9.17) is 15.0 Å². The summed E-state index contributed by atoms with van der Waals surface area (Å²) in [6, 6.07) is 7.76. The van der Waals surface area contributed by atoms with Gasteiger partial charge in [0.25, 0.3) is 5.89 Å². The molecule has 5 nitrogen and oxygen atoms in total. The van der Waals surface area contributed by atoms with E-state index in [1.54, 1.807) is 13.2 Å². The lowest BCUT2D eigenvalue weighted by molar-refractivity contribution is 0.364. The second-order valence-corrected chi connectivity index (χ2v) is 5.43. The largest absolute Gasteiger partial charge is 0.497 e. The number of hydrogen-bond acceptors (Lipinski definition) is 5. The third kappa shape index (κ3) is 3.48. The number of methoxy groups -OCH3 is 1. The number of aromatic nitrogens is 2. The Hall–Kier alpha value is -1.85. The number of rotatable bonds is 4. The monoisotopic (exact) mass is 321 g/mol. The molecule has 0 bridgehead atoms. The van der Waals surface area contributed by atoms with Crippen LogP contribution in [0, 0.1) is 0 Å². The molecule has 2 aromatic rings. The minimum atomic E-state index is -0.411. The van der Waals surface area contributed by atoms with Gasteiger partial charge in [-0.15, -0.1) is 12.4 Å². The highest BCUT2D eigenvalue weighted by atomic mass is 35.5. The highest BCUT2D eigenvalue weighted by molar-refractivity contribution is 5.85. The molecule has 1 aliphatic rings. The molecule has 3 rings (SSSR count). The van der Waals surface area contributed by atoms with E-state index in [0.717, 1.165) is 37.0 Å². The van der Waals surface area contributed by atoms with Crippen LogP contribution in [0.3, 0.4) is 0 Å². The molecule has 0 amide bonds. The SMILES string of the molecule is COc1cccc(/C=C/c2nc(C3(N)CCCC3)no2)c1.Cl. The molecule has 0 saturated heterocycles. The van der Waals surface area contributed by atoms with Gasteiger partial charge < -0.3 is 15.0 Å². The Morgan fingerprint density at radius 1 is 1.27 bits per heavy atom. The molecule has 6 heteroatoms. The van der Waals surface area contributed by atoms with Crippen molar-refractivity contribution in [1.29, 1.82) is 0 Å². The normalized spacial score (nSPS) is 16.6. The average Bonchev–Trinajstić information content (AvgIpc) is 3.15. The molecule has 0 unspecified atom stereocenters. The van der Waals surface area contributed by atoms with Crippen LogP contribution in [-0.4, -0.2) is 17.3 Å². The van der Waals surface area contributed by atoms with E-state index < -0.39 is 5.54 Å². The van der Waals surface area contributed by atoms with E-state index in [0.29, 0.717) is 11.7 Å². The fraction of sp³-hybridized carbons (Fsp3) is 0.375. The Bertz CT molecular complexity index is 648. The summed E-state index contributed by atoms with van der Waals surface area (Å²) in [5, 5.41) is 4.03. The summed E-state index contributed by atoms with van der Waals surface area (Å²) in [5.41, 5.74) is 6.91. The van der Waals surface area contributed by atoms with Crippen molar-refractivity contribution in [1.82, 2.24) is 10.1 Å². The maximum atomic E-state index is 6.31. The molecule has 2 N–H and O–H groups in total. The average molecular weight is 322 g/mol. The number of ether oxygens (including phenoxy) is 1. The van der Waals surface area contributed by atoms with E-state index >= 15 is 0 Å². The van der Waals surface area contributed by atoms with Crippen LogP contribution in [0.5, 0.6) is 5.75 Å². The summed E-state index contributed by atoms with van der Waals surface area (Å²) in [4.78, 5) is 4.40. The number of hydrogen-bond donors (Lipinski definition) is 1. The zero-order valence-corrected chi connectivity index (χ0v) is 13.3. The van der Waals surface area contributed by atoms with Gasteiger partial charge in [-0.25, -0.2) is 0 Å². The van der Waals surface area contributed by atoms with Gasteiger partial charge in [-0.1, -0.05) is 30.1 Å². The molecule has 1 aromatic carbocycles. The molecule has 118 valence electrons. The van der Waals surface area contributed by atoms with Crippen molar-refractivity contribution >= 4 is 24.6 Å². The Morgan fingerprint density at radius 2 is 2.05 bits per heavy atom. The third-order valence-electron chi connectivity index (χ3n) is 3.90. The predicted octanol–water partition coefficient (Wildman–Crippen LogP) is 3.40. The maximum absolute atomic E-state index is 6.31. The zero-order chi connectivity index (χ0) is 14.7. The van der Waals surface area contributed by atoms with Crippen LogP contribution in [0.25, 0.3) is 12.2 Å². The van der Waals surface area contributed by atoms with Crippen molar-refractivity contribution in [2.45, 2.75) is 31.2 Å². The summed E-state index contributed by atoms with van der Waals surface area (Å²) >= 11 is 0. The van der Waals surface area contributed by atoms with Crippen molar-refractivity contribution in [2.24, 2.45) is 5.73 Å². The van der Waals surface area contributed by atoms with Gasteiger partial charge in [0.2, 0.25) is 0 Å². The molecule has 0 spiro atoms. The van der Waals surface area contributed by atoms with Crippen molar-refractivity contribution in [3.05, 3.63) is 41.5 Å².